The Morgan fingerprint density at radius 2 is 1.20 bits per heavy atom. The highest BCUT2D eigenvalue weighted by Crippen LogP contribution is 2.31. The Morgan fingerprint density at radius 1 is 0.800 bits per heavy atom. The molecule has 0 fully saturated rings. The largest absolute Gasteiger partial charge is 0.497 e. The van der Waals surface area contributed by atoms with Gasteiger partial charge in [0, 0.05) is 0 Å². The van der Waals surface area contributed by atoms with Gasteiger partial charge < -0.3 is 19.7 Å². The number of aliphatic carboxylic acids is 2. The van der Waals surface area contributed by atoms with Crippen molar-refractivity contribution in [2.75, 3.05) is 14.2 Å². The first-order valence-electron chi connectivity index (χ1n) is 7.43. The molecule has 2 aromatic carbocycles. The molecule has 0 aliphatic rings. The van der Waals surface area contributed by atoms with Gasteiger partial charge in [-0.2, -0.15) is 0 Å². The monoisotopic (exact) mass is 342 g/mol. The topological polar surface area (TPSA) is 93.1 Å². The van der Waals surface area contributed by atoms with Crippen LogP contribution in [-0.4, -0.2) is 36.4 Å². The average molecular weight is 342 g/mol. The van der Waals surface area contributed by atoms with Gasteiger partial charge in [-0.3, -0.25) is 4.79 Å². The van der Waals surface area contributed by atoms with Crippen LogP contribution in [0.25, 0.3) is 5.57 Å². The van der Waals surface area contributed by atoms with Crippen LogP contribution < -0.4 is 9.47 Å². The van der Waals surface area contributed by atoms with Crippen LogP contribution in [0.1, 0.15) is 17.5 Å². The zero-order chi connectivity index (χ0) is 18.4. The Morgan fingerprint density at radius 3 is 1.48 bits per heavy atom. The second-order valence-corrected chi connectivity index (χ2v) is 5.19. The van der Waals surface area contributed by atoms with E-state index in [1.165, 1.54) is 14.2 Å². The second-order valence-electron chi connectivity index (χ2n) is 5.19. The Balaban J connectivity index is 2.67. The lowest BCUT2D eigenvalue weighted by Crippen LogP contribution is -2.10. The number of methoxy groups -OCH3 is 2. The number of hydrogen-bond donors (Lipinski definition) is 2. The van der Waals surface area contributed by atoms with Gasteiger partial charge in [0.2, 0.25) is 0 Å². The van der Waals surface area contributed by atoms with Gasteiger partial charge in [-0.25, -0.2) is 4.79 Å². The summed E-state index contributed by atoms with van der Waals surface area (Å²) >= 11 is 0. The van der Waals surface area contributed by atoms with Gasteiger partial charge in [-0.15, -0.1) is 0 Å². The van der Waals surface area contributed by atoms with E-state index in [1.807, 2.05) is 0 Å². The third kappa shape index (κ3) is 4.38. The fourth-order valence-corrected chi connectivity index (χ4v) is 2.45. The molecular formula is C19H18O6. The van der Waals surface area contributed by atoms with Gasteiger partial charge >= 0.3 is 11.9 Å². The lowest BCUT2D eigenvalue weighted by molar-refractivity contribution is -0.139. The summed E-state index contributed by atoms with van der Waals surface area (Å²) in [6.45, 7) is 0. The highest BCUT2D eigenvalue weighted by atomic mass is 16.5. The van der Waals surface area contributed by atoms with E-state index in [-0.39, 0.29) is 5.57 Å². The van der Waals surface area contributed by atoms with Gasteiger partial charge in [-0.1, -0.05) is 24.3 Å². The van der Waals surface area contributed by atoms with Crippen LogP contribution in [0, 0.1) is 0 Å². The fraction of sp³-hybridized carbons (Fsp3) is 0.158. The predicted molar refractivity (Wildman–Crippen MR) is 91.9 cm³/mol. The third-order valence-corrected chi connectivity index (χ3v) is 3.65. The number of rotatable bonds is 7. The van der Waals surface area contributed by atoms with E-state index in [0.717, 1.165) is 0 Å². The van der Waals surface area contributed by atoms with E-state index < -0.39 is 18.4 Å². The van der Waals surface area contributed by atoms with Crippen LogP contribution >= 0.6 is 0 Å². The van der Waals surface area contributed by atoms with Crippen molar-refractivity contribution in [1.29, 1.82) is 0 Å². The maximum Gasteiger partial charge on any atom is 0.332 e. The molecule has 0 saturated carbocycles. The van der Waals surface area contributed by atoms with Crippen LogP contribution in [0.3, 0.4) is 0 Å². The number of carboxylic acids is 2. The number of carbonyl (C=O) groups is 2. The molecular weight excluding hydrogens is 324 g/mol. The minimum atomic E-state index is -1.27. The normalized spacial score (nSPS) is 10.0. The van der Waals surface area contributed by atoms with Gasteiger partial charge in [0.15, 0.2) is 0 Å². The van der Waals surface area contributed by atoms with E-state index in [1.54, 1.807) is 48.5 Å². The average Bonchev–Trinajstić information content (AvgIpc) is 2.62. The molecule has 25 heavy (non-hydrogen) atoms. The number of hydrogen-bond acceptors (Lipinski definition) is 4. The molecule has 0 aromatic heterocycles. The van der Waals surface area contributed by atoms with Crippen molar-refractivity contribution >= 4 is 17.5 Å². The van der Waals surface area contributed by atoms with Crippen molar-refractivity contribution in [3.05, 3.63) is 65.2 Å². The molecule has 0 aliphatic carbocycles. The number of carboxylic acid groups (broad SMARTS) is 2. The highest BCUT2D eigenvalue weighted by molar-refractivity contribution is 6.04. The van der Waals surface area contributed by atoms with Gasteiger partial charge in [-0.05, 0) is 41.0 Å². The van der Waals surface area contributed by atoms with Gasteiger partial charge in [0.1, 0.15) is 11.5 Å². The standard InChI is InChI=1S/C19H18O6/c1-24-14-7-3-12(4-8-14)18(16(19(22)23)11-17(20)21)13-5-9-15(25-2)10-6-13/h3-10H,11H2,1-2H3,(H,20,21)(H,22,23). The van der Waals surface area contributed by atoms with Crippen LogP contribution in [0.5, 0.6) is 11.5 Å². The minimum absolute atomic E-state index is 0.192. The molecule has 6 heteroatoms. The lowest BCUT2D eigenvalue weighted by atomic mass is 9.91. The van der Waals surface area contributed by atoms with E-state index in [0.29, 0.717) is 28.2 Å². The second kappa shape index (κ2) is 8.01. The summed E-state index contributed by atoms with van der Waals surface area (Å²) in [5.41, 5.74) is 1.33. The summed E-state index contributed by atoms with van der Waals surface area (Å²) in [5.74, 6) is -1.25. The Hall–Kier alpha value is -3.28. The summed E-state index contributed by atoms with van der Waals surface area (Å²) in [5, 5.41) is 18.6. The Bertz CT molecular complexity index is 738. The molecule has 0 atom stereocenters. The van der Waals surface area contributed by atoms with E-state index in [9.17, 15) is 14.7 Å². The summed E-state index contributed by atoms with van der Waals surface area (Å²) in [4.78, 5) is 22.8. The van der Waals surface area contributed by atoms with Gasteiger partial charge in [0.05, 0.1) is 26.2 Å². The summed E-state index contributed by atoms with van der Waals surface area (Å²) in [7, 11) is 3.06. The van der Waals surface area contributed by atoms with E-state index in [4.69, 9.17) is 14.6 Å². The van der Waals surface area contributed by atoms with Crippen LogP contribution in [0.2, 0.25) is 0 Å². The molecule has 2 rings (SSSR count). The highest BCUT2D eigenvalue weighted by Gasteiger charge is 2.20. The Labute approximate surface area is 144 Å². The zero-order valence-electron chi connectivity index (χ0n) is 13.9. The van der Waals surface area contributed by atoms with Crippen molar-refractivity contribution in [3.8, 4) is 11.5 Å². The number of ether oxygens (including phenoxy) is 2. The van der Waals surface area contributed by atoms with Crippen LogP contribution in [0.15, 0.2) is 54.1 Å². The molecule has 0 unspecified atom stereocenters. The molecule has 0 radical (unpaired) electrons. The van der Waals surface area contributed by atoms with Crippen molar-refractivity contribution in [2.45, 2.75) is 6.42 Å². The molecule has 2 aromatic rings. The van der Waals surface area contributed by atoms with Crippen molar-refractivity contribution in [2.24, 2.45) is 0 Å². The maximum atomic E-state index is 11.7. The molecule has 0 saturated heterocycles. The molecule has 0 spiro atoms. The van der Waals surface area contributed by atoms with Crippen LogP contribution in [0.4, 0.5) is 0 Å². The zero-order valence-corrected chi connectivity index (χ0v) is 13.9. The minimum Gasteiger partial charge on any atom is -0.497 e. The molecule has 0 aliphatic heterocycles. The van der Waals surface area contributed by atoms with E-state index >= 15 is 0 Å². The molecule has 0 bridgehead atoms. The number of benzene rings is 2. The third-order valence-electron chi connectivity index (χ3n) is 3.65. The molecule has 6 nitrogen and oxygen atoms in total. The van der Waals surface area contributed by atoms with E-state index in [2.05, 4.69) is 0 Å². The van der Waals surface area contributed by atoms with Crippen LogP contribution in [-0.2, 0) is 9.59 Å². The smallest absolute Gasteiger partial charge is 0.332 e. The van der Waals surface area contributed by atoms with Gasteiger partial charge in [0.25, 0.3) is 0 Å². The van der Waals surface area contributed by atoms with Crippen molar-refractivity contribution < 1.29 is 29.3 Å². The summed E-state index contributed by atoms with van der Waals surface area (Å²) in [6.07, 6.45) is -0.595. The Kier molecular flexibility index (Phi) is 5.79. The van der Waals surface area contributed by atoms with Crippen molar-refractivity contribution in [3.63, 3.8) is 0 Å². The first-order chi connectivity index (χ1) is 12.0. The SMILES string of the molecule is COc1ccc(C(=C(CC(=O)O)C(=O)O)c2ccc(OC)cc2)cc1. The molecule has 0 amide bonds. The molecule has 0 heterocycles. The fourth-order valence-electron chi connectivity index (χ4n) is 2.45. The summed E-state index contributed by atoms with van der Waals surface area (Å²) < 4.78 is 10.2. The first kappa shape index (κ1) is 18.1. The molecule has 130 valence electrons. The quantitative estimate of drug-likeness (QED) is 0.751. The first-order valence-corrected chi connectivity index (χ1v) is 7.43. The summed E-state index contributed by atoms with van der Waals surface area (Å²) in [6, 6.07) is 13.6. The lowest BCUT2D eigenvalue weighted by Gasteiger charge is -2.14. The predicted octanol–water partition coefficient (Wildman–Crippen LogP) is 3.07. The molecule has 2 N–H and O–H groups in total. The van der Waals surface area contributed by atoms with Crippen molar-refractivity contribution in [1.82, 2.24) is 0 Å². The maximum absolute atomic E-state index is 11.7.